The third kappa shape index (κ3) is 4.13. The first-order valence-corrected chi connectivity index (χ1v) is 7.79. The van der Waals surface area contributed by atoms with E-state index < -0.39 is 0 Å². The number of aliphatic imine (C=N–C) groups is 1. The summed E-state index contributed by atoms with van der Waals surface area (Å²) in [6.07, 6.45) is 1.66. The summed E-state index contributed by atoms with van der Waals surface area (Å²) in [6.45, 7) is 0. The molecule has 0 saturated carbocycles. The monoisotopic (exact) mass is 341 g/mol. The summed E-state index contributed by atoms with van der Waals surface area (Å²) in [5.74, 6) is 1.55. The largest absolute Gasteiger partial charge is 0.457 e. The van der Waals surface area contributed by atoms with Crippen molar-refractivity contribution in [2.75, 3.05) is 0 Å². The molecule has 0 saturated heterocycles. The summed E-state index contributed by atoms with van der Waals surface area (Å²) in [5, 5.41) is 1.15. The average molecular weight is 342 g/mol. The smallest absolute Gasteiger partial charge is 0.127 e. The van der Waals surface area contributed by atoms with Crippen molar-refractivity contribution in [2.24, 2.45) is 4.99 Å². The fourth-order valence-corrected chi connectivity index (χ4v) is 2.49. The molecule has 0 radical (unpaired) electrons. The lowest BCUT2D eigenvalue weighted by Gasteiger charge is -2.05. The van der Waals surface area contributed by atoms with Gasteiger partial charge in [0.15, 0.2) is 0 Å². The van der Waals surface area contributed by atoms with E-state index in [1.165, 1.54) is 0 Å². The lowest BCUT2D eigenvalue weighted by Crippen LogP contribution is -1.85. The predicted octanol–water partition coefficient (Wildman–Crippen LogP) is 6.54. The third-order valence-electron chi connectivity index (χ3n) is 3.16. The van der Waals surface area contributed by atoms with Crippen LogP contribution in [0.25, 0.3) is 0 Å². The molecule has 114 valence electrons. The van der Waals surface area contributed by atoms with E-state index >= 15 is 0 Å². The highest BCUT2D eigenvalue weighted by atomic mass is 35.5. The lowest BCUT2D eigenvalue weighted by atomic mass is 10.2. The quantitative estimate of drug-likeness (QED) is 0.494. The Morgan fingerprint density at radius 2 is 1.30 bits per heavy atom. The van der Waals surface area contributed by atoms with E-state index in [2.05, 4.69) is 4.99 Å². The zero-order chi connectivity index (χ0) is 16.1. The van der Waals surface area contributed by atoms with Gasteiger partial charge in [-0.3, -0.25) is 4.99 Å². The first-order chi connectivity index (χ1) is 11.2. The first-order valence-electron chi connectivity index (χ1n) is 7.03. The van der Waals surface area contributed by atoms with Crippen molar-refractivity contribution in [3.05, 3.63) is 88.4 Å². The summed E-state index contributed by atoms with van der Waals surface area (Å²) in [5.41, 5.74) is 1.50. The predicted molar refractivity (Wildman–Crippen MR) is 96.7 cm³/mol. The zero-order valence-corrected chi connectivity index (χ0v) is 13.6. The molecule has 0 heterocycles. The van der Waals surface area contributed by atoms with Crippen LogP contribution in [0, 0.1) is 0 Å². The van der Waals surface area contributed by atoms with Crippen molar-refractivity contribution in [1.82, 2.24) is 0 Å². The van der Waals surface area contributed by atoms with Gasteiger partial charge < -0.3 is 4.74 Å². The molecule has 0 aromatic heterocycles. The Balaban J connectivity index is 1.74. The molecule has 0 bridgehead atoms. The topological polar surface area (TPSA) is 21.6 Å². The van der Waals surface area contributed by atoms with Crippen molar-refractivity contribution >= 4 is 35.1 Å². The summed E-state index contributed by atoms with van der Waals surface area (Å²) in [4.78, 5) is 4.40. The number of hydrogen-bond donors (Lipinski definition) is 0. The van der Waals surface area contributed by atoms with Crippen molar-refractivity contribution < 1.29 is 4.74 Å². The Kier molecular flexibility index (Phi) is 4.96. The number of benzene rings is 3. The molecular weight excluding hydrogens is 329 g/mol. The van der Waals surface area contributed by atoms with Gasteiger partial charge in [-0.1, -0.05) is 47.5 Å². The zero-order valence-electron chi connectivity index (χ0n) is 12.1. The van der Waals surface area contributed by atoms with Crippen molar-refractivity contribution in [3.8, 4) is 11.5 Å². The Morgan fingerprint density at radius 1 is 0.696 bits per heavy atom. The number of rotatable bonds is 4. The minimum absolute atomic E-state index is 0.574. The van der Waals surface area contributed by atoms with Crippen LogP contribution in [0.5, 0.6) is 11.5 Å². The maximum Gasteiger partial charge on any atom is 0.127 e. The summed E-state index contributed by atoms with van der Waals surface area (Å²) >= 11 is 12.2. The normalized spacial score (nSPS) is 10.9. The van der Waals surface area contributed by atoms with Gasteiger partial charge in [0, 0.05) is 11.8 Å². The minimum Gasteiger partial charge on any atom is -0.457 e. The van der Waals surface area contributed by atoms with Crippen LogP contribution in [0.4, 0.5) is 5.69 Å². The fourth-order valence-electron chi connectivity index (χ4n) is 2.00. The third-order valence-corrected chi connectivity index (χ3v) is 3.82. The van der Waals surface area contributed by atoms with Gasteiger partial charge >= 0.3 is 0 Å². The maximum absolute atomic E-state index is 6.12. The maximum atomic E-state index is 6.12. The Labute approximate surface area is 145 Å². The Morgan fingerprint density at radius 3 is 1.96 bits per heavy atom. The molecule has 0 spiro atoms. The molecule has 0 aliphatic heterocycles. The SMILES string of the molecule is Clc1cccc(Cl)c1C=Nc1ccc(Oc2ccccc2)cc1. The van der Waals surface area contributed by atoms with Crippen molar-refractivity contribution in [2.45, 2.75) is 0 Å². The lowest BCUT2D eigenvalue weighted by molar-refractivity contribution is 0.483. The molecule has 3 aromatic rings. The van der Waals surface area contributed by atoms with Crippen LogP contribution >= 0.6 is 23.2 Å². The van der Waals surface area contributed by atoms with Crippen LogP contribution in [0.15, 0.2) is 77.8 Å². The standard InChI is InChI=1S/C19H13Cl2NO/c20-18-7-4-8-19(21)17(18)13-22-14-9-11-16(12-10-14)23-15-5-2-1-3-6-15/h1-13H. The Hall–Kier alpha value is -2.29. The molecule has 0 fully saturated rings. The van der Waals surface area contributed by atoms with Gasteiger partial charge in [-0.25, -0.2) is 0 Å². The van der Waals surface area contributed by atoms with Gasteiger partial charge in [-0.05, 0) is 48.5 Å². The van der Waals surface area contributed by atoms with Gasteiger partial charge in [0.05, 0.1) is 15.7 Å². The van der Waals surface area contributed by atoms with Crippen molar-refractivity contribution in [3.63, 3.8) is 0 Å². The van der Waals surface area contributed by atoms with E-state index in [0.717, 1.165) is 17.2 Å². The number of para-hydroxylation sites is 1. The molecule has 0 amide bonds. The number of ether oxygens (including phenoxy) is 1. The summed E-state index contributed by atoms with van der Waals surface area (Å²) < 4.78 is 5.74. The molecule has 0 atom stereocenters. The number of halogens is 2. The van der Waals surface area contributed by atoms with Crippen LogP contribution in [0.1, 0.15) is 5.56 Å². The van der Waals surface area contributed by atoms with Crippen LogP contribution in [-0.2, 0) is 0 Å². The molecule has 0 unspecified atom stereocenters. The molecule has 0 aliphatic rings. The van der Waals surface area contributed by atoms with Gasteiger partial charge in [0.1, 0.15) is 11.5 Å². The highest BCUT2D eigenvalue weighted by molar-refractivity contribution is 6.38. The van der Waals surface area contributed by atoms with Crippen LogP contribution < -0.4 is 4.74 Å². The van der Waals surface area contributed by atoms with Gasteiger partial charge in [-0.15, -0.1) is 0 Å². The van der Waals surface area contributed by atoms with Crippen LogP contribution in [-0.4, -0.2) is 6.21 Å². The van der Waals surface area contributed by atoms with Gasteiger partial charge in [0.25, 0.3) is 0 Å². The van der Waals surface area contributed by atoms with Crippen molar-refractivity contribution in [1.29, 1.82) is 0 Å². The molecule has 4 heteroatoms. The second-order valence-electron chi connectivity index (χ2n) is 4.80. The average Bonchev–Trinajstić information content (AvgIpc) is 2.57. The van der Waals surface area contributed by atoms with E-state index in [1.54, 1.807) is 24.4 Å². The summed E-state index contributed by atoms with van der Waals surface area (Å²) in [7, 11) is 0. The van der Waals surface area contributed by atoms with E-state index in [0.29, 0.717) is 15.6 Å². The van der Waals surface area contributed by atoms with E-state index in [1.807, 2.05) is 54.6 Å². The number of nitrogens with zero attached hydrogens (tertiary/aromatic N) is 1. The van der Waals surface area contributed by atoms with E-state index in [-0.39, 0.29) is 0 Å². The van der Waals surface area contributed by atoms with Gasteiger partial charge in [-0.2, -0.15) is 0 Å². The Bertz CT molecular complexity index is 794. The molecule has 23 heavy (non-hydrogen) atoms. The second kappa shape index (κ2) is 7.32. The second-order valence-corrected chi connectivity index (χ2v) is 5.62. The van der Waals surface area contributed by atoms with Crippen LogP contribution in [0.2, 0.25) is 10.0 Å². The molecule has 0 aliphatic carbocycles. The first kappa shape index (κ1) is 15.6. The molecule has 3 rings (SSSR count). The molecule has 3 aromatic carbocycles. The van der Waals surface area contributed by atoms with E-state index in [4.69, 9.17) is 27.9 Å². The van der Waals surface area contributed by atoms with E-state index in [9.17, 15) is 0 Å². The fraction of sp³-hybridized carbons (Fsp3) is 0. The highest BCUT2D eigenvalue weighted by Crippen LogP contribution is 2.25. The van der Waals surface area contributed by atoms with Crippen LogP contribution in [0.3, 0.4) is 0 Å². The molecule has 2 nitrogen and oxygen atoms in total. The molecule has 0 N–H and O–H groups in total. The molecular formula is C19H13Cl2NO. The van der Waals surface area contributed by atoms with Gasteiger partial charge in [0.2, 0.25) is 0 Å². The highest BCUT2D eigenvalue weighted by Gasteiger charge is 2.02. The minimum atomic E-state index is 0.574. The summed E-state index contributed by atoms with van der Waals surface area (Å²) in [6, 6.07) is 22.5. The number of hydrogen-bond acceptors (Lipinski definition) is 2.